The van der Waals surface area contributed by atoms with E-state index in [1.807, 2.05) is 25.1 Å². The summed E-state index contributed by atoms with van der Waals surface area (Å²) in [5.74, 6) is -0.369. The number of nitrogens with one attached hydrogen (secondary N) is 3. The predicted octanol–water partition coefficient (Wildman–Crippen LogP) is 2.80. The number of amides is 1. The van der Waals surface area contributed by atoms with E-state index in [4.69, 9.17) is 0 Å². The van der Waals surface area contributed by atoms with E-state index in [9.17, 15) is 13.2 Å². The van der Waals surface area contributed by atoms with Crippen LogP contribution >= 0.6 is 0 Å². The number of nitrogens with zero attached hydrogens (tertiary/aromatic N) is 1. The summed E-state index contributed by atoms with van der Waals surface area (Å²) in [6.07, 6.45) is 1.08. The van der Waals surface area contributed by atoms with Crippen molar-refractivity contribution in [2.45, 2.75) is 13.8 Å². The third-order valence-electron chi connectivity index (χ3n) is 3.72. The number of sulfonamides is 1. The van der Waals surface area contributed by atoms with Crippen molar-refractivity contribution in [3.05, 3.63) is 53.2 Å². The number of aryl methyl sites for hydroxylation is 2. The molecule has 0 spiro atoms. The molecule has 130 valence electrons. The van der Waals surface area contributed by atoms with Gasteiger partial charge in [0.05, 0.1) is 17.5 Å². The zero-order valence-corrected chi connectivity index (χ0v) is 14.9. The summed E-state index contributed by atoms with van der Waals surface area (Å²) in [6, 6.07) is 10.7. The molecule has 8 heteroatoms. The topological polar surface area (TPSA) is 104 Å². The molecule has 0 bridgehead atoms. The first-order valence-electron chi connectivity index (χ1n) is 7.57. The molecule has 0 fully saturated rings. The van der Waals surface area contributed by atoms with E-state index in [1.165, 1.54) is 0 Å². The van der Waals surface area contributed by atoms with Gasteiger partial charge in [-0.25, -0.2) is 8.42 Å². The average molecular weight is 358 g/mol. The Hall–Kier alpha value is -2.87. The Morgan fingerprint density at radius 1 is 1.12 bits per heavy atom. The first-order chi connectivity index (χ1) is 11.7. The number of carbonyl (C=O) groups excluding carboxylic acids is 1. The number of fused-ring (bicyclic) bond motifs is 1. The van der Waals surface area contributed by atoms with Gasteiger partial charge in [0.25, 0.3) is 5.91 Å². The Labute approximate surface area is 145 Å². The lowest BCUT2D eigenvalue weighted by atomic mass is 10.1. The van der Waals surface area contributed by atoms with Crippen LogP contribution in [-0.4, -0.2) is 30.8 Å². The molecule has 7 nitrogen and oxygen atoms in total. The third kappa shape index (κ3) is 3.80. The summed E-state index contributed by atoms with van der Waals surface area (Å²) in [7, 11) is -3.40. The number of benzene rings is 2. The van der Waals surface area contributed by atoms with Gasteiger partial charge in [-0.3, -0.25) is 14.6 Å². The Morgan fingerprint density at radius 3 is 2.60 bits per heavy atom. The molecule has 0 atom stereocenters. The summed E-state index contributed by atoms with van der Waals surface area (Å²) in [4.78, 5) is 12.5. The Kier molecular flexibility index (Phi) is 4.22. The van der Waals surface area contributed by atoms with Crippen LogP contribution < -0.4 is 10.0 Å². The Balaban J connectivity index is 1.90. The highest BCUT2D eigenvalue weighted by Gasteiger charge is 2.15. The fourth-order valence-electron chi connectivity index (χ4n) is 2.50. The quantitative estimate of drug-likeness (QED) is 0.667. The number of aromatic amines is 1. The third-order valence-corrected chi connectivity index (χ3v) is 4.31. The zero-order chi connectivity index (χ0) is 18.2. The van der Waals surface area contributed by atoms with Crippen molar-refractivity contribution in [2.24, 2.45) is 0 Å². The number of anilines is 2. The first kappa shape index (κ1) is 17.0. The van der Waals surface area contributed by atoms with Crippen LogP contribution in [0.25, 0.3) is 10.9 Å². The summed E-state index contributed by atoms with van der Waals surface area (Å²) >= 11 is 0. The standard InChI is InChI=1S/C17H18N4O3S/c1-10-4-7-14-13(8-10)16(20-19-14)17(22)18-12-6-5-11(2)15(9-12)21-25(3,23)24/h4-9,21H,1-3H3,(H,18,22)(H,19,20). The molecule has 1 aromatic heterocycles. The van der Waals surface area contributed by atoms with Crippen molar-refractivity contribution < 1.29 is 13.2 Å². The molecule has 1 heterocycles. The SMILES string of the molecule is Cc1ccc2[nH]nc(C(=O)Nc3ccc(C)c(NS(C)(=O)=O)c3)c2c1. The first-order valence-corrected chi connectivity index (χ1v) is 9.46. The van der Waals surface area contributed by atoms with Gasteiger partial charge in [-0.1, -0.05) is 17.7 Å². The van der Waals surface area contributed by atoms with Gasteiger partial charge in [-0.05, 0) is 43.7 Å². The molecule has 3 aromatic rings. The van der Waals surface area contributed by atoms with E-state index in [0.29, 0.717) is 11.4 Å². The zero-order valence-electron chi connectivity index (χ0n) is 14.0. The maximum atomic E-state index is 12.5. The van der Waals surface area contributed by atoms with Crippen LogP contribution in [0.1, 0.15) is 21.6 Å². The monoisotopic (exact) mass is 358 g/mol. The van der Waals surface area contributed by atoms with Crippen molar-refractivity contribution in [1.82, 2.24) is 10.2 Å². The van der Waals surface area contributed by atoms with Crippen LogP contribution in [-0.2, 0) is 10.0 Å². The number of H-pyrrole nitrogens is 1. The molecule has 2 aromatic carbocycles. The number of carbonyl (C=O) groups is 1. The minimum absolute atomic E-state index is 0.289. The maximum Gasteiger partial charge on any atom is 0.276 e. The van der Waals surface area contributed by atoms with Gasteiger partial charge in [0.1, 0.15) is 0 Å². The molecule has 0 aliphatic carbocycles. The van der Waals surface area contributed by atoms with Gasteiger partial charge in [-0.15, -0.1) is 0 Å². The van der Waals surface area contributed by atoms with Gasteiger partial charge < -0.3 is 5.32 Å². The summed E-state index contributed by atoms with van der Waals surface area (Å²) < 4.78 is 25.3. The van der Waals surface area contributed by atoms with Crippen LogP contribution in [0.3, 0.4) is 0 Å². The molecule has 0 aliphatic heterocycles. The van der Waals surface area contributed by atoms with Crippen LogP contribution in [0.2, 0.25) is 0 Å². The van der Waals surface area contributed by atoms with E-state index in [1.54, 1.807) is 25.1 Å². The Bertz CT molecular complexity index is 1070. The van der Waals surface area contributed by atoms with Crippen molar-refractivity contribution in [2.75, 3.05) is 16.3 Å². The van der Waals surface area contributed by atoms with Crippen molar-refractivity contribution >= 4 is 38.2 Å². The lowest BCUT2D eigenvalue weighted by molar-refractivity contribution is 0.102. The molecule has 0 radical (unpaired) electrons. The van der Waals surface area contributed by atoms with Crippen molar-refractivity contribution in [1.29, 1.82) is 0 Å². The lowest BCUT2D eigenvalue weighted by Gasteiger charge is -2.10. The number of rotatable bonds is 4. The summed E-state index contributed by atoms with van der Waals surface area (Å²) in [5.41, 5.74) is 3.74. The van der Waals surface area contributed by atoms with Crippen molar-refractivity contribution in [3.8, 4) is 0 Å². The number of hydrogen-bond acceptors (Lipinski definition) is 4. The van der Waals surface area contributed by atoms with Gasteiger partial charge in [0, 0.05) is 11.1 Å². The fraction of sp³-hybridized carbons (Fsp3) is 0.176. The Morgan fingerprint density at radius 2 is 1.88 bits per heavy atom. The van der Waals surface area contributed by atoms with E-state index in [-0.39, 0.29) is 11.6 Å². The molecular weight excluding hydrogens is 340 g/mol. The minimum atomic E-state index is -3.40. The molecule has 0 saturated carbocycles. The molecule has 0 unspecified atom stereocenters. The minimum Gasteiger partial charge on any atom is -0.321 e. The number of aromatic nitrogens is 2. The van der Waals surface area contributed by atoms with Crippen LogP contribution in [0.15, 0.2) is 36.4 Å². The second-order valence-corrected chi connectivity index (χ2v) is 7.73. The highest BCUT2D eigenvalue weighted by atomic mass is 32.2. The predicted molar refractivity (Wildman–Crippen MR) is 98.4 cm³/mol. The van der Waals surface area contributed by atoms with Gasteiger partial charge >= 0.3 is 0 Å². The van der Waals surface area contributed by atoms with Crippen LogP contribution in [0.4, 0.5) is 11.4 Å². The van der Waals surface area contributed by atoms with E-state index < -0.39 is 10.0 Å². The number of hydrogen-bond donors (Lipinski definition) is 3. The van der Waals surface area contributed by atoms with Gasteiger partial charge in [-0.2, -0.15) is 5.10 Å². The van der Waals surface area contributed by atoms with Crippen molar-refractivity contribution in [3.63, 3.8) is 0 Å². The summed E-state index contributed by atoms with van der Waals surface area (Å²) in [5, 5.41) is 10.4. The normalized spacial score (nSPS) is 11.5. The highest BCUT2D eigenvalue weighted by molar-refractivity contribution is 7.92. The largest absolute Gasteiger partial charge is 0.321 e. The average Bonchev–Trinajstić information content (AvgIpc) is 2.92. The van der Waals surface area contributed by atoms with E-state index in [2.05, 4.69) is 20.2 Å². The molecular formula is C17H18N4O3S. The summed E-state index contributed by atoms with van der Waals surface area (Å²) in [6.45, 7) is 3.72. The maximum absolute atomic E-state index is 12.5. The molecule has 0 aliphatic rings. The van der Waals surface area contributed by atoms with E-state index >= 15 is 0 Å². The molecule has 1 amide bonds. The highest BCUT2D eigenvalue weighted by Crippen LogP contribution is 2.23. The second kappa shape index (κ2) is 6.21. The molecule has 3 N–H and O–H groups in total. The second-order valence-electron chi connectivity index (χ2n) is 5.98. The van der Waals surface area contributed by atoms with Gasteiger partial charge in [0.2, 0.25) is 10.0 Å². The van der Waals surface area contributed by atoms with Crippen LogP contribution in [0.5, 0.6) is 0 Å². The smallest absolute Gasteiger partial charge is 0.276 e. The van der Waals surface area contributed by atoms with Crippen LogP contribution in [0, 0.1) is 13.8 Å². The van der Waals surface area contributed by atoms with Gasteiger partial charge in [0.15, 0.2) is 5.69 Å². The van der Waals surface area contributed by atoms with E-state index in [0.717, 1.165) is 28.3 Å². The molecule has 0 saturated heterocycles. The lowest BCUT2D eigenvalue weighted by Crippen LogP contribution is -2.14. The molecule has 25 heavy (non-hydrogen) atoms. The fourth-order valence-corrected chi connectivity index (χ4v) is 3.12. The molecule has 3 rings (SSSR count).